The van der Waals surface area contributed by atoms with Crippen molar-refractivity contribution in [2.75, 3.05) is 10.6 Å². The third-order valence-electron chi connectivity index (χ3n) is 4.03. The molecule has 3 aromatic rings. The Labute approximate surface area is 162 Å². The van der Waals surface area contributed by atoms with Crippen molar-refractivity contribution >= 4 is 23.2 Å². The minimum absolute atomic E-state index is 0.0841. The molecular weight excluding hydrogens is 352 g/mol. The van der Waals surface area contributed by atoms with Gasteiger partial charge in [-0.25, -0.2) is 0 Å². The maximum absolute atomic E-state index is 12.6. The molecule has 1 heterocycles. The van der Waals surface area contributed by atoms with Gasteiger partial charge in [-0.05, 0) is 61.4 Å². The van der Waals surface area contributed by atoms with Crippen LogP contribution in [-0.2, 0) is 0 Å². The van der Waals surface area contributed by atoms with E-state index in [1.165, 1.54) is 18.3 Å². The molecule has 3 rings (SSSR count). The summed E-state index contributed by atoms with van der Waals surface area (Å²) in [5.74, 6) is -0.831. The van der Waals surface area contributed by atoms with Crippen molar-refractivity contribution in [2.45, 2.75) is 13.8 Å². The third kappa shape index (κ3) is 4.40. The van der Waals surface area contributed by atoms with Crippen LogP contribution in [0.5, 0.6) is 0 Å². The van der Waals surface area contributed by atoms with Gasteiger partial charge in [0, 0.05) is 17.4 Å². The topological polar surface area (TPSA) is 94.9 Å². The molecule has 0 saturated heterocycles. The molecule has 0 spiro atoms. The van der Waals surface area contributed by atoms with Gasteiger partial charge in [-0.3, -0.25) is 14.6 Å². The summed E-state index contributed by atoms with van der Waals surface area (Å²) in [4.78, 5) is 29.1. The summed E-state index contributed by atoms with van der Waals surface area (Å²) < 4.78 is 0. The first-order chi connectivity index (χ1) is 13.5. The van der Waals surface area contributed by atoms with Crippen LogP contribution < -0.4 is 10.6 Å². The monoisotopic (exact) mass is 370 g/mol. The van der Waals surface area contributed by atoms with Gasteiger partial charge in [-0.15, -0.1) is 0 Å². The third-order valence-corrected chi connectivity index (χ3v) is 4.03. The molecular formula is C22H18N4O2. The molecule has 0 atom stereocenters. The Morgan fingerprint density at radius 1 is 0.929 bits per heavy atom. The van der Waals surface area contributed by atoms with E-state index in [4.69, 9.17) is 5.26 Å². The molecule has 2 N–H and O–H groups in total. The highest BCUT2D eigenvalue weighted by Gasteiger charge is 2.14. The molecule has 28 heavy (non-hydrogen) atoms. The van der Waals surface area contributed by atoms with Crippen molar-refractivity contribution in [2.24, 2.45) is 0 Å². The highest BCUT2D eigenvalue weighted by atomic mass is 16.2. The molecule has 2 amide bonds. The minimum atomic E-state index is -0.497. The lowest BCUT2D eigenvalue weighted by molar-refractivity contribution is 0.102. The fourth-order valence-electron chi connectivity index (χ4n) is 2.82. The number of hydrogen-bond donors (Lipinski definition) is 2. The van der Waals surface area contributed by atoms with Crippen LogP contribution in [0.15, 0.2) is 60.8 Å². The summed E-state index contributed by atoms with van der Waals surface area (Å²) >= 11 is 0. The second kappa shape index (κ2) is 8.14. The SMILES string of the molecule is Cc1cc(C)cc(NC(=O)c2ccnc(C(=O)Nc3ccccc3C#N)c2)c1. The zero-order valence-electron chi connectivity index (χ0n) is 15.5. The standard InChI is InChI=1S/C22H18N4O2/c1-14-9-15(2)11-18(10-14)25-21(27)16-7-8-24-20(12-16)22(28)26-19-6-4-3-5-17(19)13-23/h3-12H,1-2H3,(H,25,27)(H,26,28). The van der Waals surface area contributed by atoms with Crippen molar-refractivity contribution in [3.8, 4) is 6.07 Å². The zero-order valence-corrected chi connectivity index (χ0v) is 15.5. The quantitative estimate of drug-likeness (QED) is 0.723. The highest BCUT2D eigenvalue weighted by molar-refractivity contribution is 6.08. The van der Waals surface area contributed by atoms with E-state index in [0.29, 0.717) is 22.5 Å². The summed E-state index contributed by atoms with van der Waals surface area (Å²) in [6, 6.07) is 17.4. The van der Waals surface area contributed by atoms with Gasteiger partial charge in [0.15, 0.2) is 0 Å². The van der Waals surface area contributed by atoms with Gasteiger partial charge in [-0.2, -0.15) is 5.26 Å². The molecule has 0 aliphatic heterocycles. The lowest BCUT2D eigenvalue weighted by Crippen LogP contribution is -2.17. The fourth-order valence-corrected chi connectivity index (χ4v) is 2.82. The number of hydrogen-bond acceptors (Lipinski definition) is 4. The first kappa shape index (κ1) is 18.8. The van der Waals surface area contributed by atoms with Crippen molar-refractivity contribution in [1.29, 1.82) is 5.26 Å². The zero-order chi connectivity index (χ0) is 20.1. The lowest BCUT2D eigenvalue weighted by Gasteiger charge is -2.09. The fraction of sp³-hybridized carbons (Fsp3) is 0.0909. The number of aromatic nitrogens is 1. The molecule has 0 aliphatic rings. The number of para-hydroxylation sites is 1. The predicted molar refractivity (Wildman–Crippen MR) is 107 cm³/mol. The number of nitrogens with one attached hydrogen (secondary N) is 2. The summed E-state index contributed by atoms with van der Waals surface area (Å²) in [5, 5.41) is 14.6. The average Bonchev–Trinajstić information content (AvgIpc) is 2.67. The summed E-state index contributed by atoms with van der Waals surface area (Å²) in [5.41, 5.74) is 3.91. The van der Waals surface area contributed by atoms with Crippen LogP contribution in [-0.4, -0.2) is 16.8 Å². The first-order valence-corrected chi connectivity index (χ1v) is 8.62. The molecule has 2 aromatic carbocycles. The van der Waals surface area contributed by atoms with E-state index in [2.05, 4.69) is 15.6 Å². The van der Waals surface area contributed by atoms with Crippen LogP contribution in [0.1, 0.15) is 37.5 Å². The summed E-state index contributed by atoms with van der Waals surface area (Å²) in [6.07, 6.45) is 1.40. The summed E-state index contributed by atoms with van der Waals surface area (Å²) in [6.45, 7) is 3.91. The van der Waals surface area contributed by atoms with Gasteiger partial charge in [0.1, 0.15) is 11.8 Å². The van der Waals surface area contributed by atoms with Crippen molar-refractivity contribution in [3.63, 3.8) is 0 Å². The van der Waals surface area contributed by atoms with Crippen LogP contribution in [0, 0.1) is 25.2 Å². The Hall–Kier alpha value is -3.98. The molecule has 0 fully saturated rings. The van der Waals surface area contributed by atoms with Crippen LogP contribution in [0.2, 0.25) is 0 Å². The van der Waals surface area contributed by atoms with E-state index in [0.717, 1.165) is 11.1 Å². The molecule has 0 bridgehead atoms. The summed E-state index contributed by atoms with van der Waals surface area (Å²) in [7, 11) is 0. The Balaban J connectivity index is 1.78. The van der Waals surface area contributed by atoms with E-state index in [1.54, 1.807) is 24.3 Å². The van der Waals surface area contributed by atoms with Gasteiger partial charge in [0.25, 0.3) is 11.8 Å². The number of pyridine rings is 1. The number of nitriles is 1. The Kier molecular flexibility index (Phi) is 5.47. The van der Waals surface area contributed by atoms with Crippen molar-refractivity contribution < 1.29 is 9.59 Å². The Morgan fingerprint density at radius 2 is 1.64 bits per heavy atom. The number of amides is 2. The van der Waals surface area contributed by atoms with Gasteiger partial charge in [0.05, 0.1) is 11.3 Å². The number of carbonyl (C=O) groups is 2. The highest BCUT2D eigenvalue weighted by Crippen LogP contribution is 2.17. The number of nitrogens with zero attached hydrogens (tertiary/aromatic N) is 2. The number of rotatable bonds is 4. The van der Waals surface area contributed by atoms with Crippen LogP contribution in [0.25, 0.3) is 0 Å². The van der Waals surface area contributed by atoms with Crippen LogP contribution >= 0.6 is 0 Å². The van der Waals surface area contributed by atoms with Crippen molar-refractivity contribution in [3.05, 3.63) is 88.7 Å². The normalized spacial score (nSPS) is 10.0. The second-order valence-electron chi connectivity index (χ2n) is 6.37. The van der Waals surface area contributed by atoms with E-state index in [9.17, 15) is 9.59 Å². The molecule has 0 unspecified atom stereocenters. The number of benzene rings is 2. The Bertz CT molecular complexity index is 1080. The smallest absolute Gasteiger partial charge is 0.274 e. The second-order valence-corrected chi connectivity index (χ2v) is 6.37. The largest absolute Gasteiger partial charge is 0.322 e. The maximum atomic E-state index is 12.6. The number of carbonyl (C=O) groups excluding carboxylic acids is 2. The van der Waals surface area contributed by atoms with Crippen molar-refractivity contribution in [1.82, 2.24) is 4.98 Å². The van der Waals surface area contributed by atoms with Gasteiger partial charge in [-0.1, -0.05) is 18.2 Å². The molecule has 1 aromatic heterocycles. The number of aryl methyl sites for hydroxylation is 2. The average molecular weight is 370 g/mol. The molecule has 0 radical (unpaired) electrons. The van der Waals surface area contributed by atoms with Crippen LogP contribution in [0.4, 0.5) is 11.4 Å². The Morgan fingerprint density at radius 3 is 2.36 bits per heavy atom. The van der Waals surface area contributed by atoms with Gasteiger partial charge in [0.2, 0.25) is 0 Å². The first-order valence-electron chi connectivity index (χ1n) is 8.62. The predicted octanol–water partition coefficient (Wildman–Crippen LogP) is 4.07. The molecule has 0 saturated carbocycles. The van der Waals surface area contributed by atoms with E-state index in [-0.39, 0.29) is 11.6 Å². The van der Waals surface area contributed by atoms with E-state index < -0.39 is 5.91 Å². The van der Waals surface area contributed by atoms with Crippen LogP contribution in [0.3, 0.4) is 0 Å². The van der Waals surface area contributed by atoms with Gasteiger partial charge >= 0.3 is 0 Å². The minimum Gasteiger partial charge on any atom is -0.322 e. The number of anilines is 2. The molecule has 138 valence electrons. The lowest BCUT2D eigenvalue weighted by atomic mass is 10.1. The molecule has 6 nitrogen and oxygen atoms in total. The van der Waals surface area contributed by atoms with E-state index >= 15 is 0 Å². The van der Waals surface area contributed by atoms with Gasteiger partial charge < -0.3 is 10.6 Å². The molecule has 0 aliphatic carbocycles. The maximum Gasteiger partial charge on any atom is 0.274 e. The molecule has 6 heteroatoms. The van der Waals surface area contributed by atoms with E-state index in [1.807, 2.05) is 38.1 Å².